The van der Waals surface area contributed by atoms with Gasteiger partial charge in [-0.15, -0.1) is 0 Å². The molecule has 4 heteroatoms. The van der Waals surface area contributed by atoms with E-state index in [2.05, 4.69) is 0 Å². The van der Waals surface area contributed by atoms with Crippen LogP contribution in [0.25, 0.3) is 0 Å². The van der Waals surface area contributed by atoms with Crippen molar-refractivity contribution in [1.82, 2.24) is 0 Å². The van der Waals surface area contributed by atoms with Crippen LogP contribution < -0.4 is 5.73 Å². The van der Waals surface area contributed by atoms with Gasteiger partial charge in [0.05, 0.1) is 11.9 Å². The first-order valence-corrected chi connectivity index (χ1v) is 8.43. The minimum atomic E-state index is -0.919. The van der Waals surface area contributed by atoms with Crippen LogP contribution in [-0.4, -0.2) is 20.3 Å². The van der Waals surface area contributed by atoms with Gasteiger partial charge in [0, 0.05) is 22.6 Å². The predicted molar refractivity (Wildman–Crippen MR) is 79.2 cm³/mol. The SMILES string of the molecule is NCc1ccc(C(O)CS(=O)C2CCCCC2)cc1. The standard InChI is InChI=1S/C15H23NO2S/c16-10-12-6-8-13(9-7-12)15(17)11-19(18)14-4-2-1-3-5-14/h6-9,14-15,17H,1-5,10-11,16H2. The van der Waals surface area contributed by atoms with Crippen LogP contribution in [0.4, 0.5) is 0 Å². The van der Waals surface area contributed by atoms with E-state index in [-0.39, 0.29) is 5.25 Å². The molecule has 0 heterocycles. The topological polar surface area (TPSA) is 63.3 Å². The summed E-state index contributed by atoms with van der Waals surface area (Å²) < 4.78 is 12.2. The lowest BCUT2D eigenvalue weighted by atomic mass is 10.0. The summed E-state index contributed by atoms with van der Waals surface area (Å²) in [7, 11) is -0.919. The quantitative estimate of drug-likeness (QED) is 0.870. The van der Waals surface area contributed by atoms with Gasteiger partial charge in [-0.3, -0.25) is 4.21 Å². The van der Waals surface area contributed by atoms with Crippen LogP contribution in [0, 0.1) is 0 Å². The number of benzene rings is 1. The first-order chi connectivity index (χ1) is 9.20. The molecule has 0 radical (unpaired) electrons. The van der Waals surface area contributed by atoms with Gasteiger partial charge in [-0.2, -0.15) is 0 Å². The van der Waals surface area contributed by atoms with Crippen molar-refractivity contribution in [1.29, 1.82) is 0 Å². The van der Waals surface area contributed by atoms with Crippen molar-refractivity contribution in [2.45, 2.75) is 50.0 Å². The van der Waals surface area contributed by atoms with Gasteiger partial charge in [0.25, 0.3) is 0 Å². The zero-order valence-electron chi connectivity index (χ0n) is 11.3. The summed E-state index contributed by atoms with van der Waals surface area (Å²) in [6, 6.07) is 7.60. The molecule has 0 amide bonds. The molecule has 0 bridgehead atoms. The molecule has 1 aliphatic carbocycles. The predicted octanol–water partition coefficient (Wildman–Crippen LogP) is 2.26. The van der Waals surface area contributed by atoms with Gasteiger partial charge >= 0.3 is 0 Å². The molecule has 0 saturated heterocycles. The van der Waals surface area contributed by atoms with Crippen LogP contribution in [0.5, 0.6) is 0 Å². The molecule has 3 N–H and O–H groups in total. The Morgan fingerprint density at radius 3 is 2.42 bits per heavy atom. The largest absolute Gasteiger partial charge is 0.387 e. The Morgan fingerprint density at radius 2 is 1.84 bits per heavy atom. The van der Waals surface area contributed by atoms with E-state index in [1.165, 1.54) is 19.3 Å². The second kappa shape index (κ2) is 7.17. The van der Waals surface area contributed by atoms with Crippen LogP contribution in [0.3, 0.4) is 0 Å². The average molecular weight is 281 g/mol. The Kier molecular flexibility index (Phi) is 5.55. The third-order valence-electron chi connectivity index (χ3n) is 3.85. The fraction of sp³-hybridized carbons (Fsp3) is 0.600. The van der Waals surface area contributed by atoms with Gasteiger partial charge in [0.1, 0.15) is 0 Å². The van der Waals surface area contributed by atoms with Gasteiger partial charge in [-0.05, 0) is 24.0 Å². The van der Waals surface area contributed by atoms with Gasteiger partial charge < -0.3 is 10.8 Å². The van der Waals surface area contributed by atoms with Gasteiger partial charge in [-0.1, -0.05) is 43.5 Å². The molecule has 1 aliphatic rings. The summed E-state index contributed by atoms with van der Waals surface area (Å²) in [5, 5.41) is 10.4. The Balaban J connectivity index is 1.91. The van der Waals surface area contributed by atoms with Crippen molar-refractivity contribution in [3.63, 3.8) is 0 Å². The zero-order valence-corrected chi connectivity index (χ0v) is 12.1. The van der Waals surface area contributed by atoms with E-state index < -0.39 is 16.9 Å². The summed E-state index contributed by atoms with van der Waals surface area (Å²) >= 11 is 0. The Morgan fingerprint density at radius 1 is 1.21 bits per heavy atom. The Labute approximate surface area is 117 Å². The lowest BCUT2D eigenvalue weighted by Gasteiger charge is -2.22. The van der Waals surface area contributed by atoms with Crippen molar-refractivity contribution in [2.75, 3.05) is 5.75 Å². The number of aliphatic hydroxyl groups is 1. The minimum absolute atomic E-state index is 0.284. The van der Waals surface area contributed by atoms with Crippen LogP contribution in [0.15, 0.2) is 24.3 Å². The second-order valence-corrected chi connectivity index (χ2v) is 7.03. The van der Waals surface area contributed by atoms with Crippen LogP contribution in [0.1, 0.15) is 49.3 Å². The lowest BCUT2D eigenvalue weighted by Crippen LogP contribution is -2.23. The molecule has 2 atom stereocenters. The highest BCUT2D eigenvalue weighted by Gasteiger charge is 2.22. The average Bonchev–Trinajstić information content (AvgIpc) is 2.48. The monoisotopic (exact) mass is 281 g/mol. The van der Waals surface area contributed by atoms with Crippen molar-refractivity contribution in [3.8, 4) is 0 Å². The lowest BCUT2D eigenvalue weighted by molar-refractivity contribution is 0.202. The zero-order chi connectivity index (χ0) is 13.7. The number of hydrogen-bond donors (Lipinski definition) is 2. The van der Waals surface area contributed by atoms with E-state index >= 15 is 0 Å². The van der Waals surface area contributed by atoms with Crippen LogP contribution >= 0.6 is 0 Å². The normalized spacial score (nSPS) is 20.1. The summed E-state index contributed by atoms with van der Waals surface area (Å²) in [4.78, 5) is 0. The molecule has 0 aromatic heterocycles. The van der Waals surface area contributed by atoms with E-state index in [1.807, 2.05) is 24.3 Å². The second-order valence-electron chi connectivity index (χ2n) is 5.27. The molecule has 0 aliphatic heterocycles. The first-order valence-electron chi connectivity index (χ1n) is 7.05. The van der Waals surface area contributed by atoms with E-state index in [4.69, 9.17) is 5.73 Å². The molecule has 0 spiro atoms. The first kappa shape index (κ1) is 14.7. The fourth-order valence-corrected chi connectivity index (χ4v) is 4.23. The maximum absolute atomic E-state index is 12.2. The fourth-order valence-electron chi connectivity index (χ4n) is 2.59. The molecule has 1 aromatic rings. The highest BCUT2D eigenvalue weighted by Crippen LogP contribution is 2.24. The molecule has 1 fully saturated rings. The van der Waals surface area contributed by atoms with Crippen LogP contribution in [-0.2, 0) is 17.3 Å². The van der Waals surface area contributed by atoms with Gasteiger partial charge in [-0.25, -0.2) is 0 Å². The molecule has 1 saturated carbocycles. The molecule has 1 aromatic carbocycles. The third kappa shape index (κ3) is 4.13. The number of nitrogens with two attached hydrogens (primary N) is 1. The maximum Gasteiger partial charge on any atom is 0.0905 e. The number of hydrogen-bond acceptors (Lipinski definition) is 3. The number of rotatable bonds is 5. The van der Waals surface area contributed by atoms with E-state index in [9.17, 15) is 9.32 Å². The highest BCUT2D eigenvalue weighted by atomic mass is 32.2. The minimum Gasteiger partial charge on any atom is -0.387 e. The van der Waals surface area contributed by atoms with Crippen molar-refractivity contribution >= 4 is 10.8 Å². The summed E-state index contributed by atoms with van der Waals surface area (Å²) in [5.74, 6) is 0.354. The Bertz CT molecular complexity index is 413. The molecular weight excluding hydrogens is 258 g/mol. The molecule has 3 nitrogen and oxygen atoms in total. The molecule has 106 valence electrons. The summed E-state index contributed by atoms with van der Waals surface area (Å²) in [6.07, 6.45) is 5.08. The van der Waals surface area contributed by atoms with Gasteiger partial charge in [0.2, 0.25) is 0 Å². The summed E-state index contributed by atoms with van der Waals surface area (Å²) in [5.41, 5.74) is 7.42. The summed E-state index contributed by atoms with van der Waals surface area (Å²) in [6.45, 7) is 0.504. The van der Waals surface area contributed by atoms with Crippen molar-refractivity contribution in [2.24, 2.45) is 5.73 Å². The maximum atomic E-state index is 12.2. The smallest absolute Gasteiger partial charge is 0.0905 e. The molecular formula is C15H23NO2S. The van der Waals surface area contributed by atoms with E-state index in [0.29, 0.717) is 12.3 Å². The van der Waals surface area contributed by atoms with Crippen molar-refractivity contribution < 1.29 is 9.32 Å². The third-order valence-corrected chi connectivity index (χ3v) is 5.71. The van der Waals surface area contributed by atoms with Gasteiger partial charge in [0.15, 0.2) is 0 Å². The van der Waals surface area contributed by atoms with Crippen molar-refractivity contribution in [3.05, 3.63) is 35.4 Å². The molecule has 2 rings (SSSR count). The molecule has 19 heavy (non-hydrogen) atoms. The number of aliphatic hydroxyl groups excluding tert-OH is 1. The van der Waals surface area contributed by atoms with E-state index in [0.717, 1.165) is 24.0 Å². The Hall–Kier alpha value is -0.710. The van der Waals surface area contributed by atoms with E-state index in [1.54, 1.807) is 0 Å². The highest BCUT2D eigenvalue weighted by molar-refractivity contribution is 7.85. The van der Waals surface area contributed by atoms with Crippen LogP contribution in [0.2, 0.25) is 0 Å². The molecule has 2 unspecified atom stereocenters.